The van der Waals surface area contributed by atoms with Gasteiger partial charge in [0, 0.05) is 11.7 Å². The molecule has 1 aromatic rings. The highest BCUT2D eigenvalue weighted by Crippen LogP contribution is 2.14. The summed E-state index contributed by atoms with van der Waals surface area (Å²) in [5.41, 5.74) is 5.94. The molecule has 1 aromatic carbocycles. The zero-order valence-electron chi connectivity index (χ0n) is 11.2. The molecule has 0 fully saturated rings. The van der Waals surface area contributed by atoms with E-state index in [-0.39, 0.29) is 11.6 Å². The first-order valence-electron chi connectivity index (χ1n) is 6.30. The molecular weight excluding hydrogens is 231 g/mol. The van der Waals surface area contributed by atoms with Crippen LogP contribution in [0.1, 0.15) is 44.0 Å². The van der Waals surface area contributed by atoms with Crippen LogP contribution in [0.15, 0.2) is 18.2 Å². The number of benzene rings is 1. The molecule has 1 rings (SSSR count). The van der Waals surface area contributed by atoms with Crippen LogP contribution in [0, 0.1) is 11.7 Å². The van der Waals surface area contributed by atoms with Crippen LogP contribution in [0.4, 0.5) is 10.1 Å². The molecule has 2 atom stereocenters. The van der Waals surface area contributed by atoms with Gasteiger partial charge in [-0.3, -0.25) is 4.79 Å². The van der Waals surface area contributed by atoms with Crippen molar-refractivity contribution in [2.24, 2.45) is 5.92 Å². The molecular formula is C14H21FN2O. The normalized spacial score (nSPS) is 14.0. The lowest BCUT2D eigenvalue weighted by Gasteiger charge is -2.17. The van der Waals surface area contributed by atoms with Gasteiger partial charge in [-0.15, -0.1) is 0 Å². The molecule has 0 saturated carbocycles. The number of nitrogen functional groups attached to an aromatic ring is 1. The standard InChI is InChI=1S/C14H21FN2O/c1-4-9(2)7-10(3)17-14(18)12-8-11(16)5-6-13(12)15/h5-6,8-10H,4,7,16H2,1-3H3,(H,17,18). The largest absolute Gasteiger partial charge is 0.399 e. The van der Waals surface area contributed by atoms with Crippen molar-refractivity contribution in [3.8, 4) is 0 Å². The third-order valence-electron chi connectivity index (χ3n) is 3.07. The van der Waals surface area contributed by atoms with Crippen LogP contribution < -0.4 is 11.1 Å². The van der Waals surface area contributed by atoms with Crippen LogP contribution >= 0.6 is 0 Å². The lowest BCUT2D eigenvalue weighted by molar-refractivity contribution is 0.0931. The SMILES string of the molecule is CCC(C)CC(C)NC(=O)c1cc(N)ccc1F. The van der Waals surface area contributed by atoms with Crippen LogP contribution in [0.2, 0.25) is 0 Å². The first-order valence-corrected chi connectivity index (χ1v) is 6.30. The molecule has 3 N–H and O–H groups in total. The second-order valence-electron chi connectivity index (χ2n) is 4.86. The summed E-state index contributed by atoms with van der Waals surface area (Å²) in [6, 6.07) is 4.03. The molecule has 0 aliphatic rings. The number of hydrogen-bond donors (Lipinski definition) is 2. The van der Waals surface area contributed by atoms with E-state index < -0.39 is 11.7 Å². The zero-order chi connectivity index (χ0) is 13.7. The van der Waals surface area contributed by atoms with Gasteiger partial charge in [0.05, 0.1) is 5.56 Å². The third-order valence-corrected chi connectivity index (χ3v) is 3.07. The van der Waals surface area contributed by atoms with Gasteiger partial charge in [0.15, 0.2) is 0 Å². The number of amides is 1. The molecule has 0 bridgehead atoms. The maximum absolute atomic E-state index is 13.5. The fraction of sp³-hybridized carbons (Fsp3) is 0.500. The fourth-order valence-corrected chi connectivity index (χ4v) is 1.85. The van der Waals surface area contributed by atoms with Gasteiger partial charge in [-0.05, 0) is 37.5 Å². The Morgan fingerprint density at radius 2 is 2.11 bits per heavy atom. The molecule has 0 aromatic heterocycles. The number of carbonyl (C=O) groups is 1. The number of hydrogen-bond acceptors (Lipinski definition) is 2. The summed E-state index contributed by atoms with van der Waals surface area (Å²) >= 11 is 0. The average Bonchev–Trinajstić information content (AvgIpc) is 2.31. The Morgan fingerprint density at radius 1 is 1.44 bits per heavy atom. The number of halogens is 1. The Morgan fingerprint density at radius 3 is 2.72 bits per heavy atom. The summed E-state index contributed by atoms with van der Waals surface area (Å²) in [5, 5.41) is 2.79. The molecule has 0 spiro atoms. The van der Waals surface area contributed by atoms with Crippen LogP contribution in [-0.4, -0.2) is 11.9 Å². The molecule has 2 unspecified atom stereocenters. The minimum Gasteiger partial charge on any atom is -0.399 e. The first kappa shape index (κ1) is 14.5. The highest BCUT2D eigenvalue weighted by atomic mass is 19.1. The van der Waals surface area contributed by atoms with Crippen molar-refractivity contribution in [3.63, 3.8) is 0 Å². The van der Waals surface area contributed by atoms with Crippen molar-refractivity contribution in [1.29, 1.82) is 0 Å². The summed E-state index contributed by atoms with van der Waals surface area (Å²) < 4.78 is 13.5. The lowest BCUT2D eigenvalue weighted by Crippen LogP contribution is -2.34. The predicted octanol–water partition coefficient (Wildman–Crippen LogP) is 2.96. The Kier molecular flexibility index (Phi) is 5.13. The quantitative estimate of drug-likeness (QED) is 0.792. The molecule has 1 amide bonds. The van der Waals surface area contributed by atoms with E-state index in [9.17, 15) is 9.18 Å². The smallest absolute Gasteiger partial charge is 0.254 e. The van der Waals surface area contributed by atoms with Crippen LogP contribution in [0.25, 0.3) is 0 Å². The lowest BCUT2D eigenvalue weighted by atomic mass is 10.00. The molecule has 0 radical (unpaired) electrons. The number of carbonyl (C=O) groups excluding carboxylic acids is 1. The molecule has 0 heterocycles. The Hall–Kier alpha value is -1.58. The fourth-order valence-electron chi connectivity index (χ4n) is 1.85. The highest BCUT2D eigenvalue weighted by molar-refractivity contribution is 5.95. The van der Waals surface area contributed by atoms with Crippen molar-refractivity contribution in [2.45, 2.75) is 39.7 Å². The Bertz CT molecular complexity index is 420. The first-order chi connectivity index (χ1) is 8.43. The summed E-state index contributed by atoms with van der Waals surface area (Å²) in [7, 11) is 0. The van der Waals surface area contributed by atoms with Crippen LogP contribution in [0.5, 0.6) is 0 Å². The highest BCUT2D eigenvalue weighted by Gasteiger charge is 2.15. The van der Waals surface area contributed by atoms with Gasteiger partial charge in [-0.2, -0.15) is 0 Å². The molecule has 4 heteroatoms. The van der Waals surface area contributed by atoms with E-state index in [0.29, 0.717) is 11.6 Å². The van der Waals surface area contributed by atoms with E-state index in [2.05, 4.69) is 19.2 Å². The van der Waals surface area contributed by atoms with Gasteiger partial charge in [-0.25, -0.2) is 4.39 Å². The summed E-state index contributed by atoms with van der Waals surface area (Å²) in [6.45, 7) is 6.16. The minimum atomic E-state index is -0.544. The number of anilines is 1. The topological polar surface area (TPSA) is 55.1 Å². The van der Waals surface area contributed by atoms with Gasteiger partial charge in [-0.1, -0.05) is 20.3 Å². The predicted molar refractivity (Wildman–Crippen MR) is 71.8 cm³/mol. The molecule has 0 aliphatic heterocycles. The second kappa shape index (κ2) is 6.38. The number of rotatable bonds is 5. The van der Waals surface area contributed by atoms with E-state index in [1.807, 2.05) is 6.92 Å². The van der Waals surface area contributed by atoms with Crippen molar-refractivity contribution in [2.75, 3.05) is 5.73 Å². The van der Waals surface area contributed by atoms with Crippen molar-refractivity contribution >= 4 is 11.6 Å². The molecule has 3 nitrogen and oxygen atoms in total. The second-order valence-corrected chi connectivity index (χ2v) is 4.86. The van der Waals surface area contributed by atoms with Crippen LogP contribution in [-0.2, 0) is 0 Å². The van der Waals surface area contributed by atoms with E-state index >= 15 is 0 Å². The minimum absolute atomic E-state index is 0.00556. The van der Waals surface area contributed by atoms with Gasteiger partial charge in [0.25, 0.3) is 5.91 Å². The van der Waals surface area contributed by atoms with E-state index in [1.54, 1.807) is 0 Å². The molecule has 0 saturated heterocycles. The van der Waals surface area contributed by atoms with Gasteiger partial charge in [0.2, 0.25) is 0 Å². The number of nitrogens with two attached hydrogens (primary N) is 1. The average molecular weight is 252 g/mol. The zero-order valence-corrected chi connectivity index (χ0v) is 11.2. The summed E-state index contributed by atoms with van der Waals surface area (Å²) in [4.78, 5) is 11.9. The molecule has 100 valence electrons. The van der Waals surface area contributed by atoms with E-state index in [4.69, 9.17) is 5.73 Å². The maximum atomic E-state index is 13.5. The Labute approximate surface area is 108 Å². The maximum Gasteiger partial charge on any atom is 0.254 e. The Balaban J connectivity index is 2.67. The van der Waals surface area contributed by atoms with Crippen molar-refractivity contribution in [3.05, 3.63) is 29.6 Å². The van der Waals surface area contributed by atoms with E-state index in [0.717, 1.165) is 12.8 Å². The van der Waals surface area contributed by atoms with Crippen molar-refractivity contribution in [1.82, 2.24) is 5.32 Å². The van der Waals surface area contributed by atoms with Gasteiger partial charge >= 0.3 is 0 Å². The van der Waals surface area contributed by atoms with Crippen molar-refractivity contribution < 1.29 is 9.18 Å². The third kappa shape index (κ3) is 4.02. The van der Waals surface area contributed by atoms with Crippen LogP contribution in [0.3, 0.4) is 0 Å². The van der Waals surface area contributed by atoms with E-state index in [1.165, 1.54) is 18.2 Å². The molecule has 0 aliphatic carbocycles. The number of nitrogens with one attached hydrogen (secondary N) is 1. The van der Waals surface area contributed by atoms with Gasteiger partial charge in [0.1, 0.15) is 5.82 Å². The monoisotopic (exact) mass is 252 g/mol. The summed E-state index contributed by atoms with van der Waals surface area (Å²) in [6.07, 6.45) is 1.94. The summed E-state index contributed by atoms with van der Waals surface area (Å²) in [5.74, 6) is -0.418. The van der Waals surface area contributed by atoms with Gasteiger partial charge < -0.3 is 11.1 Å². The molecule has 18 heavy (non-hydrogen) atoms.